The third-order valence-electron chi connectivity index (χ3n) is 4.47. The Morgan fingerprint density at radius 3 is 2.68 bits per heavy atom. The molecule has 2 aromatic heterocycles. The van der Waals surface area contributed by atoms with Crippen molar-refractivity contribution >= 4 is 29.1 Å². The van der Waals surface area contributed by atoms with Crippen LogP contribution in [0.4, 0.5) is 5.82 Å². The standard InChI is InChI=1S/C19H16ClN5O3/c1-28-12-6-4-11(5-7-12)17(26)16-18(23-15-3-2-8-25(15)16)24-19(27)13-9-21-10-14(20)22-13/h4-7,9-10H,2-3,8H2,1H3,(H,24,27). The van der Waals surface area contributed by atoms with Crippen LogP contribution in [-0.2, 0) is 13.0 Å². The Bertz CT molecular complexity index is 1060. The van der Waals surface area contributed by atoms with Gasteiger partial charge in [-0.25, -0.2) is 9.97 Å². The van der Waals surface area contributed by atoms with E-state index in [0.717, 1.165) is 18.7 Å². The molecule has 0 unspecified atom stereocenters. The second-order valence-electron chi connectivity index (χ2n) is 6.22. The van der Waals surface area contributed by atoms with Crippen LogP contribution in [0.25, 0.3) is 0 Å². The van der Waals surface area contributed by atoms with E-state index in [4.69, 9.17) is 16.3 Å². The van der Waals surface area contributed by atoms with Crippen molar-refractivity contribution in [3.8, 4) is 5.75 Å². The molecular formula is C19H16ClN5O3. The molecule has 1 aliphatic rings. The lowest BCUT2D eigenvalue weighted by molar-refractivity contribution is 0.102. The summed E-state index contributed by atoms with van der Waals surface area (Å²) in [4.78, 5) is 38.0. The van der Waals surface area contributed by atoms with E-state index in [0.29, 0.717) is 23.6 Å². The molecule has 0 spiro atoms. The van der Waals surface area contributed by atoms with Crippen molar-refractivity contribution in [3.05, 3.63) is 64.6 Å². The minimum Gasteiger partial charge on any atom is -0.497 e. The molecule has 0 atom stereocenters. The van der Waals surface area contributed by atoms with Gasteiger partial charge in [0.2, 0.25) is 5.78 Å². The Morgan fingerprint density at radius 2 is 1.96 bits per heavy atom. The van der Waals surface area contributed by atoms with Gasteiger partial charge in [0.05, 0.1) is 19.5 Å². The highest BCUT2D eigenvalue weighted by Crippen LogP contribution is 2.27. The molecule has 0 radical (unpaired) electrons. The number of fused-ring (bicyclic) bond motifs is 1. The Morgan fingerprint density at radius 1 is 1.18 bits per heavy atom. The summed E-state index contributed by atoms with van der Waals surface area (Å²) in [6, 6.07) is 6.80. The van der Waals surface area contributed by atoms with Gasteiger partial charge in [0, 0.05) is 18.5 Å². The number of ketones is 1. The number of carbonyl (C=O) groups excluding carboxylic acids is 2. The number of nitrogens with zero attached hydrogens (tertiary/aromatic N) is 4. The molecule has 9 heteroatoms. The van der Waals surface area contributed by atoms with Crippen molar-refractivity contribution in [2.75, 3.05) is 12.4 Å². The summed E-state index contributed by atoms with van der Waals surface area (Å²) in [5.74, 6) is 0.876. The fraction of sp³-hybridized carbons (Fsp3) is 0.211. The van der Waals surface area contributed by atoms with Crippen molar-refractivity contribution in [2.24, 2.45) is 0 Å². The molecule has 8 nitrogen and oxygen atoms in total. The largest absolute Gasteiger partial charge is 0.497 e. The van der Waals surface area contributed by atoms with E-state index >= 15 is 0 Å². The second-order valence-corrected chi connectivity index (χ2v) is 6.61. The first-order valence-electron chi connectivity index (χ1n) is 8.64. The van der Waals surface area contributed by atoms with E-state index in [1.165, 1.54) is 12.4 Å². The molecule has 142 valence electrons. The Balaban J connectivity index is 1.69. The molecule has 1 N–H and O–H groups in total. The SMILES string of the molecule is COc1ccc(C(=O)c2c(NC(=O)c3cncc(Cl)n3)nc3n2CCC3)cc1. The first kappa shape index (κ1) is 18.1. The number of carbonyl (C=O) groups is 2. The lowest BCUT2D eigenvalue weighted by Crippen LogP contribution is -2.18. The van der Waals surface area contributed by atoms with Gasteiger partial charge in [-0.05, 0) is 30.7 Å². The van der Waals surface area contributed by atoms with Gasteiger partial charge in [-0.2, -0.15) is 0 Å². The van der Waals surface area contributed by atoms with Crippen LogP contribution in [0, 0.1) is 0 Å². The number of benzene rings is 1. The summed E-state index contributed by atoms with van der Waals surface area (Å²) in [6.07, 6.45) is 4.28. The minimum atomic E-state index is -0.532. The van der Waals surface area contributed by atoms with Gasteiger partial charge in [-0.15, -0.1) is 0 Å². The number of hydrogen-bond acceptors (Lipinski definition) is 6. The number of ether oxygens (including phenoxy) is 1. The molecule has 0 aliphatic carbocycles. The smallest absolute Gasteiger partial charge is 0.277 e. The van der Waals surface area contributed by atoms with Crippen LogP contribution in [0.15, 0.2) is 36.7 Å². The van der Waals surface area contributed by atoms with E-state index in [1.54, 1.807) is 31.4 Å². The fourth-order valence-electron chi connectivity index (χ4n) is 3.15. The summed E-state index contributed by atoms with van der Waals surface area (Å²) in [5, 5.41) is 2.79. The zero-order valence-corrected chi connectivity index (χ0v) is 15.7. The predicted octanol–water partition coefficient (Wildman–Crippen LogP) is 2.76. The van der Waals surface area contributed by atoms with Crippen LogP contribution >= 0.6 is 11.6 Å². The van der Waals surface area contributed by atoms with E-state index in [2.05, 4.69) is 20.3 Å². The molecule has 0 saturated heterocycles. The maximum absolute atomic E-state index is 13.2. The molecule has 1 aliphatic heterocycles. The number of anilines is 1. The predicted molar refractivity (Wildman–Crippen MR) is 102 cm³/mol. The number of hydrogen-bond donors (Lipinski definition) is 1. The van der Waals surface area contributed by atoms with Gasteiger partial charge in [-0.3, -0.25) is 14.6 Å². The number of halogens is 1. The van der Waals surface area contributed by atoms with E-state index in [1.807, 2.05) is 4.57 Å². The maximum atomic E-state index is 13.2. The van der Waals surface area contributed by atoms with E-state index in [9.17, 15) is 9.59 Å². The summed E-state index contributed by atoms with van der Waals surface area (Å²) in [6.45, 7) is 0.673. The van der Waals surface area contributed by atoms with Gasteiger partial charge < -0.3 is 14.6 Å². The number of aryl methyl sites for hydroxylation is 1. The lowest BCUT2D eigenvalue weighted by atomic mass is 10.1. The van der Waals surface area contributed by atoms with Crippen LogP contribution in [-0.4, -0.2) is 38.3 Å². The highest BCUT2D eigenvalue weighted by Gasteiger charge is 2.28. The number of nitrogens with one attached hydrogen (secondary N) is 1. The number of rotatable bonds is 5. The van der Waals surface area contributed by atoms with E-state index < -0.39 is 5.91 Å². The molecule has 4 rings (SSSR count). The second kappa shape index (κ2) is 7.40. The molecule has 1 amide bonds. The topological polar surface area (TPSA) is 99.0 Å². The minimum absolute atomic E-state index is 0.0449. The van der Waals surface area contributed by atoms with Crippen LogP contribution in [0.3, 0.4) is 0 Å². The van der Waals surface area contributed by atoms with Crippen molar-refractivity contribution in [3.63, 3.8) is 0 Å². The number of methoxy groups -OCH3 is 1. The molecule has 0 fully saturated rings. The van der Waals surface area contributed by atoms with Gasteiger partial charge in [0.1, 0.15) is 28.1 Å². The van der Waals surface area contributed by atoms with Crippen LogP contribution < -0.4 is 10.1 Å². The average Bonchev–Trinajstić information content (AvgIpc) is 3.28. The van der Waals surface area contributed by atoms with Crippen molar-refractivity contribution in [1.82, 2.24) is 19.5 Å². The molecule has 3 heterocycles. The monoisotopic (exact) mass is 397 g/mol. The molecule has 1 aromatic carbocycles. The van der Waals surface area contributed by atoms with Crippen molar-refractivity contribution in [1.29, 1.82) is 0 Å². The Hall–Kier alpha value is -3.26. The number of imidazole rings is 1. The zero-order chi connectivity index (χ0) is 19.7. The Kier molecular flexibility index (Phi) is 4.79. The van der Waals surface area contributed by atoms with Crippen LogP contribution in [0.2, 0.25) is 5.15 Å². The summed E-state index contributed by atoms with van der Waals surface area (Å²) < 4.78 is 6.99. The number of aromatic nitrogens is 4. The van der Waals surface area contributed by atoms with Crippen LogP contribution in [0.1, 0.15) is 38.8 Å². The van der Waals surface area contributed by atoms with Crippen molar-refractivity contribution in [2.45, 2.75) is 19.4 Å². The summed E-state index contributed by atoms with van der Waals surface area (Å²) >= 11 is 5.80. The molecular weight excluding hydrogens is 382 g/mol. The summed E-state index contributed by atoms with van der Waals surface area (Å²) in [5.41, 5.74) is 0.873. The Labute approximate surface area is 165 Å². The van der Waals surface area contributed by atoms with Gasteiger partial charge in [-0.1, -0.05) is 11.6 Å². The average molecular weight is 398 g/mol. The maximum Gasteiger partial charge on any atom is 0.277 e. The molecule has 0 bridgehead atoms. The third kappa shape index (κ3) is 3.34. The normalized spacial score (nSPS) is 12.5. The van der Waals surface area contributed by atoms with Gasteiger partial charge in [0.25, 0.3) is 5.91 Å². The first-order valence-corrected chi connectivity index (χ1v) is 9.01. The fourth-order valence-corrected chi connectivity index (χ4v) is 3.29. The van der Waals surface area contributed by atoms with Crippen molar-refractivity contribution < 1.29 is 14.3 Å². The highest BCUT2D eigenvalue weighted by atomic mass is 35.5. The quantitative estimate of drug-likeness (QED) is 0.664. The zero-order valence-electron chi connectivity index (χ0n) is 15.0. The first-order chi connectivity index (χ1) is 13.6. The van der Waals surface area contributed by atoms with Gasteiger partial charge in [0.15, 0.2) is 5.82 Å². The molecule has 0 saturated carbocycles. The van der Waals surface area contributed by atoms with Gasteiger partial charge >= 0.3 is 0 Å². The molecule has 3 aromatic rings. The lowest BCUT2D eigenvalue weighted by Gasteiger charge is -2.09. The third-order valence-corrected chi connectivity index (χ3v) is 4.65. The number of amides is 1. The summed E-state index contributed by atoms with van der Waals surface area (Å²) in [7, 11) is 1.56. The molecule has 28 heavy (non-hydrogen) atoms. The highest BCUT2D eigenvalue weighted by molar-refractivity contribution is 6.29. The van der Waals surface area contributed by atoms with E-state index in [-0.39, 0.29) is 22.4 Å². The van der Waals surface area contributed by atoms with Crippen LogP contribution in [0.5, 0.6) is 5.75 Å².